The SMILES string of the molecule is O=S(=O)(O)CCCCCCCCCCOCCO. The van der Waals surface area contributed by atoms with Crippen LogP contribution in [0.3, 0.4) is 0 Å². The molecule has 0 spiro atoms. The van der Waals surface area contributed by atoms with E-state index in [2.05, 4.69) is 0 Å². The lowest BCUT2D eigenvalue weighted by Crippen LogP contribution is -2.03. The second kappa shape index (κ2) is 11.9. The van der Waals surface area contributed by atoms with Crippen molar-refractivity contribution in [3.63, 3.8) is 0 Å². The molecule has 0 aromatic carbocycles. The standard InChI is InChI=1S/C12H26O5S/c13-9-11-17-10-7-5-3-1-2-4-6-8-12-18(14,15)16/h13H,1-12H2,(H,14,15,16). The van der Waals surface area contributed by atoms with Gasteiger partial charge in [-0.1, -0.05) is 38.5 Å². The minimum Gasteiger partial charge on any atom is -0.394 e. The van der Waals surface area contributed by atoms with E-state index >= 15 is 0 Å². The second-order valence-electron chi connectivity index (χ2n) is 4.45. The summed E-state index contributed by atoms with van der Waals surface area (Å²) < 4.78 is 34.6. The van der Waals surface area contributed by atoms with Crippen LogP contribution in [0.2, 0.25) is 0 Å². The van der Waals surface area contributed by atoms with Crippen molar-refractivity contribution < 1.29 is 22.8 Å². The summed E-state index contributed by atoms with van der Waals surface area (Å²) in [5.74, 6) is -0.116. The Morgan fingerprint density at radius 3 is 1.78 bits per heavy atom. The Balaban J connectivity index is 3.03. The van der Waals surface area contributed by atoms with Crippen molar-refractivity contribution in [2.24, 2.45) is 0 Å². The zero-order valence-electron chi connectivity index (χ0n) is 11.0. The maximum Gasteiger partial charge on any atom is 0.264 e. The second-order valence-corrected chi connectivity index (χ2v) is 6.02. The summed E-state index contributed by atoms with van der Waals surface area (Å²) in [5, 5.41) is 8.48. The topological polar surface area (TPSA) is 83.8 Å². The molecule has 0 saturated carbocycles. The molecular formula is C12H26O5S. The molecule has 0 aliphatic carbocycles. The molecule has 0 amide bonds. The summed E-state index contributed by atoms with van der Waals surface area (Å²) in [4.78, 5) is 0. The van der Waals surface area contributed by atoms with Gasteiger partial charge < -0.3 is 9.84 Å². The van der Waals surface area contributed by atoms with Crippen LogP contribution in [0.15, 0.2) is 0 Å². The van der Waals surface area contributed by atoms with E-state index < -0.39 is 10.1 Å². The lowest BCUT2D eigenvalue weighted by atomic mass is 10.1. The van der Waals surface area contributed by atoms with Gasteiger partial charge in [0, 0.05) is 6.61 Å². The minimum atomic E-state index is -3.77. The average Bonchev–Trinajstić information content (AvgIpc) is 2.29. The molecule has 0 radical (unpaired) electrons. The summed E-state index contributed by atoms with van der Waals surface area (Å²) in [7, 11) is -3.77. The van der Waals surface area contributed by atoms with Crippen LogP contribution in [0.4, 0.5) is 0 Å². The van der Waals surface area contributed by atoms with Gasteiger partial charge in [0.15, 0.2) is 0 Å². The quantitative estimate of drug-likeness (QED) is 0.399. The Labute approximate surface area is 110 Å². The van der Waals surface area contributed by atoms with Gasteiger partial charge in [-0.2, -0.15) is 8.42 Å². The van der Waals surface area contributed by atoms with Gasteiger partial charge in [0.25, 0.3) is 10.1 Å². The van der Waals surface area contributed by atoms with Gasteiger partial charge in [0.05, 0.1) is 19.0 Å². The highest BCUT2D eigenvalue weighted by atomic mass is 32.2. The Morgan fingerprint density at radius 2 is 1.28 bits per heavy atom. The van der Waals surface area contributed by atoms with Crippen LogP contribution < -0.4 is 0 Å². The molecule has 6 heteroatoms. The first-order chi connectivity index (χ1) is 8.56. The minimum absolute atomic E-state index is 0.0869. The van der Waals surface area contributed by atoms with E-state index in [1.54, 1.807) is 0 Å². The highest BCUT2D eigenvalue weighted by molar-refractivity contribution is 7.85. The molecule has 0 aromatic heterocycles. The Kier molecular flexibility index (Phi) is 11.8. The molecule has 0 rings (SSSR count). The number of hydrogen-bond donors (Lipinski definition) is 2. The molecule has 18 heavy (non-hydrogen) atoms. The van der Waals surface area contributed by atoms with Gasteiger partial charge in [0.1, 0.15) is 0 Å². The molecule has 0 unspecified atom stereocenters. The number of unbranched alkanes of at least 4 members (excludes halogenated alkanes) is 7. The summed E-state index contributed by atoms with van der Waals surface area (Å²) in [5.41, 5.74) is 0. The average molecular weight is 282 g/mol. The summed E-state index contributed by atoms with van der Waals surface area (Å²) >= 11 is 0. The first-order valence-corrected chi connectivity index (χ1v) is 8.31. The van der Waals surface area contributed by atoms with E-state index in [1.807, 2.05) is 0 Å². The summed E-state index contributed by atoms with van der Waals surface area (Å²) in [6.45, 7) is 1.23. The number of aliphatic hydroxyl groups excluding tert-OH is 1. The third kappa shape index (κ3) is 15.8. The van der Waals surface area contributed by atoms with E-state index in [4.69, 9.17) is 14.4 Å². The van der Waals surface area contributed by atoms with Gasteiger partial charge in [-0.05, 0) is 12.8 Å². The Morgan fingerprint density at radius 1 is 0.778 bits per heavy atom. The van der Waals surface area contributed by atoms with E-state index in [-0.39, 0.29) is 12.4 Å². The summed E-state index contributed by atoms with van der Waals surface area (Å²) in [6, 6.07) is 0. The zero-order valence-corrected chi connectivity index (χ0v) is 11.8. The van der Waals surface area contributed by atoms with Gasteiger partial charge in [-0.25, -0.2) is 0 Å². The maximum absolute atomic E-state index is 10.4. The molecule has 0 heterocycles. The van der Waals surface area contributed by atoms with Crippen molar-refractivity contribution in [3.8, 4) is 0 Å². The van der Waals surface area contributed by atoms with Crippen LogP contribution in [0.1, 0.15) is 51.4 Å². The van der Waals surface area contributed by atoms with Gasteiger partial charge >= 0.3 is 0 Å². The number of aliphatic hydroxyl groups is 1. The predicted molar refractivity (Wildman–Crippen MR) is 71.3 cm³/mol. The number of hydrogen-bond acceptors (Lipinski definition) is 4. The predicted octanol–water partition coefficient (Wildman–Crippen LogP) is 2.00. The fraction of sp³-hybridized carbons (Fsp3) is 1.00. The van der Waals surface area contributed by atoms with Crippen LogP contribution in [-0.4, -0.2) is 43.7 Å². The monoisotopic (exact) mass is 282 g/mol. The molecule has 0 saturated heterocycles. The highest BCUT2D eigenvalue weighted by Crippen LogP contribution is 2.09. The molecule has 110 valence electrons. The Bertz CT molecular complexity index is 264. The van der Waals surface area contributed by atoms with Crippen molar-refractivity contribution in [2.45, 2.75) is 51.4 Å². The Hall–Kier alpha value is -0.170. The van der Waals surface area contributed by atoms with Gasteiger partial charge in [0.2, 0.25) is 0 Å². The fourth-order valence-electron chi connectivity index (χ4n) is 1.72. The van der Waals surface area contributed by atoms with Crippen molar-refractivity contribution in [3.05, 3.63) is 0 Å². The molecule has 2 N–H and O–H groups in total. The molecular weight excluding hydrogens is 256 g/mol. The third-order valence-electron chi connectivity index (χ3n) is 2.68. The molecule has 0 aliphatic heterocycles. The van der Waals surface area contributed by atoms with E-state index in [0.29, 0.717) is 13.0 Å². The van der Waals surface area contributed by atoms with Crippen LogP contribution in [0.5, 0.6) is 0 Å². The molecule has 0 fully saturated rings. The first-order valence-electron chi connectivity index (χ1n) is 6.70. The molecule has 5 nitrogen and oxygen atoms in total. The smallest absolute Gasteiger partial charge is 0.264 e. The lowest BCUT2D eigenvalue weighted by Gasteiger charge is -2.03. The normalized spacial score (nSPS) is 11.9. The van der Waals surface area contributed by atoms with E-state index in [9.17, 15) is 8.42 Å². The zero-order chi connectivity index (χ0) is 13.7. The van der Waals surface area contributed by atoms with Crippen molar-refractivity contribution in [1.29, 1.82) is 0 Å². The van der Waals surface area contributed by atoms with Crippen molar-refractivity contribution in [1.82, 2.24) is 0 Å². The lowest BCUT2D eigenvalue weighted by molar-refractivity contribution is 0.0895. The van der Waals surface area contributed by atoms with E-state index in [1.165, 1.54) is 6.42 Å². The van der Waals surface area contributed by atoms with Gasteiger partial charge in [-0.3, -0.25) is 4.55 Å². The van der Waals surface area contributed by atoms with Crippen molar-refractivity contribution >= 4 is 10.1 Å². The highest BCUT2D eigenvalue weighted by Gasteiger charge is 2.02. The third-order valence-corrected chi connectivity index (χ3v) is 3.48. The fourth-order valence-corrected chi connectivity index (χ4v) is 2.28. The maximum atomic E-state index is 10.4. The summed E-state index contributed by atoms with van der Waals surface area (Å²) in [6.07, 6.45) is 8.04. The largest absolute Gasteiger partial charge is 0.394 e. The number of ether oxygens (including phenoxy) is 1. The van der Waals surface area contributed by atoms with Crippen LogP contribution in [0.25, 0.3) is 0 Å². The van der Waals surface area contributed by atoms with E-state index in [0.717, 1.165) is 45.1 Å². The molecule has 0 bridgehead atoms. The molecule has 0 atom stereocenters. The number of rotatable bonds is 13. The molecule has 0 aliphatic rings. The van der Waals surface area contributed by atoms with Crippen LogP contribution in [0, 0.1) is 0 Å². The van der Waals surface area contributed by atoms with Crippen molar-refractivity contribution in [2.75, 3.05) is 25.6 Å². The first kappa shape index (κ1) is 17.8. The van der Waals surface area contributed by atoms with Crippen LogP contribution >= 0.6 is 0 Å². The van der Waals surface area contributed by atoms with Crippen LogP contribution in [-0.2, 0) is 14.9 Å². The molecule has 0 aromatic rings. The van der Waals surface area contributed by atoms with Gasteiger partial charge in [-0.15, -0.1) is 0 Å².